The van der Waals surface area contributed by atoms with Gasteiger partial charge in [-0.05, 0) is 30.2 Å². The summed E-state index contributed by atoms with van der Waals surface area (Å²) in [6.45, 7) is 0.768. The van der Waals surface area contributed by atoms with Crippen molar-refractivity contribution < 1.29 is 17.9 Å². The Balaban J connectivity index is 1.81. The molecule has 0 unspecified atom stereocenters. The standard InChI is InChI=1S/C19H15F3N2OS/c1-3-7-24(8-6-12-4-5-17(25-2)15(22)9-12)19-23-16-10-13(20)14(21)11-18(16)26-19/h1,4-5,9-11H,6-8H2,2H3. The molecule has 3 rings (SSSR count). The average molecular weight is 376 g/mol. The molecule has 0 N–H and O–H groups in total. The summed E-state index contributed by atoms with van der Waals surface area (Å²) in [4.78, 5) is 6.16. The lowest BCUT2D eigenvalue weighted by atomic mass is 10.1. The maximum Gasteiger partial charge on any atom is 0.187 e. The Labute approximate surface area is 153 Å². The van der Waals surface area contributed by atoms with Gasteiger partial charge in [-0.1, -0.05) is 23.3 Å². The number of benzene rings is 2. The number of nitrogens with zero attached hydrogens (tertiary/aromatic N) is 2. The molecule has 7 heteroatoms. The van der Waals surface area contributed by atoms with Crippen LogP contribution in [0, 0.1) is 29.8 Å². The Morgan fingerprint density at radius 3 is 2.62 bits per heavy atom. The first kappa shape index (κ1) is 18.1. The van der Waals surface area contributed by atoms with Crippen LogP contribution in [0.25, 0.3) is 10.2 Å². The second-order valence-corrected chi connectivity index (χ2v) is 6.58. The molecule has 26 heavy (non-hydrogen) atoms. The monoisotopic (exact) mass is 376 g/mol. The Morgan fingerprint density at radius 1 is 1.15 bits per heavy atom. The SMILES string of the molecule is C#CCN(CCc1ccc(OC)c(F)c1)c1nc2cc(F)c(F)cc2s1. The molecular formula is C19H15F3N2OS. The zero-order valence-corrected chi connectivity index (χ0v) is 14.7. The van der Waals surface area contributed by atoms with Gasteiger partial charge >= 0.3 is 0 Å². The predicted molar refractivity (Wildman–Crippen MR) is 97.2 cm³/mol. The van der Waals surface area contributed by atoms with Crippen LogP contribution in [-0.4, -0.2) is 25.2 Å². The molecule has 1 heterocycles. The van der Waals surface area contributed by atoms with Gasteiger partial charge in [-0.2, -0.15) is 0 Å². The molecule has 0 aliphatic rings. The number of aromatic nitrogens is 1. The highest BCUT2D eigenvalue weighted by Crippen LogP contribution is 2.30. The van der Waals surface area contributed by atoms with E-state index in [1.807, 2.05) is 4.90 Å². The van der Waals surface area contributed by atoms with Crippen molar-refractivity contribution in [1.82, 2.24) is 4.98 Å². The molecular weight excluding hydrogens is 361 g/mol. The molecule has 1 aromatic heterocycles. The zero-order valence-electron chi connectivity index (χ0n) is 13.9. The number of halogens is 3. The molecule has 3 aromatic rings. The summed E-state index contributed by atoms with van der Waals surface area (Å²) in [5.41, 5.74) is 1.16. The van der Waals surface area contributed by atoms with E-state index in [4.69, 9.17) is 11.2 Å². The highest BCUT2D eigenvalue weighted by atomic mass is 32.1. The number of methoxy groups -OCH3 is 1. The Morgan fingerprint density at radius 2 is 1.92 bits per heavy atom. The summed E-state index contributed by atoms with van der Waals surface area (Å²) in [7, 11) is 1.41. The van der Waals surface area contributed by atoms with Gasteiger partial charge < -0.3 is 9.64 Å². The third-order valence-corrected chi connectivity index (χ3v) is 4.94. The van der Waals surface area contributed by atoms with Gasteiger partial charge in [0.2, 0.25) is 0 Å². The van der Waals surface area contributed by atoms with E-state index in [-0.39, 0.29) is 12.3 Å². The molecule has 2 aromatic carbocycles. The number of terminal acetylenes is 1. The number of anilines is 1. The number of hydrogen-bond acceptors (Lipinski definition) is 4. The third-order valence-electron chi connectivity index (χ3n) is 3.86. The summed E-state index contributed by atoms with van der Waals surface area (Å²) < 4.78 is 46.0. The molecule has 0 bridgehead atoms. The van der Waals surface area contributed by atoms with Crippen molar-refractivity contribution in [3.63, 3.8) is 0 Å². The minimum atomic E-state index is -0.938. The van der Waals surface area contributed by atoms with E-state index in [0.717, 1.165) is 17.7 Å². The van der Waals surface area contributed by atoms with Crippen molar-refractivity contribution in [2.24, 2.45) is 0 Å². The smallest absolute Gasteiger partial charge is 0.187 e. The normalized spacial score (nSPS) is 10.7. The van der Waals surface area contributed by atoms with E-state index in [2.05, 4.69) is 10.9 Å². The molecule has 134 valence electrons. The maximum absolute atomic E-state index is 13.8. The Kier molecular flexibility index (Phi) is 5.33. The van der Waals surface area contributed by atoms with Gasteiger partial charge in [0.1, 0.15) is 0 Å². The van der Waals surface area contributed by atoms with Gasteiger partial charge in [0.15, 0.2) is 28.3 Å². The first-order valence-electron chi connectivity index (χ1n) is 7.78. The van der Waals surface area contributed by atoms with Crippen molar-refractivity contribution in [3.05, 3.63) is 53.3 Å². The van der Waals surface area contributed by atoms with Gasteiger partial charge in [-0.3, -0.25) is 0 Å². The molecule has 0 saturated heterocycles. The number of fused-ring (bicyclic) bond motifs is 1. The lowest BCUT2D eigenvalue weighted by Gasteiger charge is -2.19. The number of ether oxygens (including phenoxy) is 1. The van der Waals surface area contributed by atoms with Gasteiger partial charge in [-0.25, -0.2) is 18.2 Å². The quantitative estimate of drug-likeness (QED) is 0.596. The molecule has 3 nitrogen and oxygen atoms in total. The van der Waals surface area contributed by atoms with E-state index in [0.29, 0.717) is 28.3 Å². The number of hydrogen-bond donors (Lipinski definition) is 0. The highest BCUT2D eigenvalue weighted by Gasteiger charge is 2.14. The molecule has 0 atom stereocenters. The van der Waals surface area contributed by atoms with Crippen LogP contribution in [0.3, 0.4) is 0 Å². The predicted octanol–water partition coefficient (Wildman–Crippen LogP) is 4.40. The van der Waals surface area contributed by atoms with Crippen LogP contribution < -0.4 is 9.64 Å². The van der Waals surface area contributed by atoms with Crippen LogP contribution >= 0.6 is 11.3 Å². The minimum absolute atomic E-state index is 0.185. The summed E-state index contributed by atoms with van der Waals surface area (Å²) >= 11 is 1.23. The van der Waals surface area contributed by atoms with Gasteiger partial charge in [0.25, 0.3) is 0 Å². The number of thiazole rings is 1. The number of rotatable bonds is 6. The van der Waals surface area contributed by atoms with Crippen molar-refractivity contribution in [3.8, 4) is 18.1 Å². The molecule has 0 saturated carbocycles. The highest BCUT2D eigenvalue weighted by molar-refractivity contribution is 7.22. The fourth-order valence-electron chi connectivity index (χ4n) is 2.53. The van der Waals surface area contributed by atoms with Crippen LogP contribution in [0.15, 0.2) is 30.3 Å². The van der Waals surface area contributed by atoms with Gasteiger partial charge in [-0.15, -0.1) is 6.42 Å². The van der Waals surface area contributed by atoms with Crippen LogP contribution in [0.2, 0.25) is 0 Å². The lowest BCUT2D eigenvalue weighted by molar-refractivity contribution is 0.386. The van der Waals surface area contributed by atoms with Crippen LogP contribution in [0.5, 0.6) is 5.75 Å². The molecule has 0 radical (unpaired) electrons. The average Bonchev–Trinajstić information content (AvgIpc) is 3.01. The largest absolute Gasteiger partial charge is 0.494 e. The maximum atomic E-state index is 13.8. The Hall–Kier alpha value is -2.72. The summed E-state index contributed by atoms with van der Waals surface area (Å²) in [6.07, 6.45) is 5.96. The van der Waals surface area contributed by atoms with Crippen molar-refractivity contribution in [1.29, 1.82) is 0 Å². The van der Waals surface area contributed by atoms with Crippen molar-refractivity contribution in [2.45, 2.75) is 6.42 Å². The molecule has 0 aliphatic heterocycles. The fraction of sp³-hybridized carbons (Fsp3) is 0.211. The summed E-state index contributed by atoms with van der Waals surface area (Å²) in [6, 6.07) is 6.95. The van der Waals surface area contributed by atoms with E-state index in [1.54, 1.807) is 12.1 Å². The second-order valence-electron chi connectivity index (χ2n) is 5.58. The minimum Gasteiger partial charge on any atom is -0.494 e. The second kappa shape index (κ2) is 7.67. The third kappa shape index (κ3) is 3.75. The fourth-order valence-corrected chi connectivity index (χ4v) is 3.53. The van der Waals surface area contributed by atoms with Gasteiger partial charge in [0, 0.05) is 12.6 Å². The summed E-state index contributed by atoms with van der Waals surface area (Å²) in [5.74, 6) is 0.453. The molecule has 0 amide bonds. The van der Waals surface area contributed by atoms with Crippen molar-refractivity contribution in [2.75, 3.05) is 25.1 Å². The Bertz CT molecular complexity index is 942. The van der Waals surface area contributed by atoms with Crippen molar-refractivity contribution >= 4 is 26.7 Å². The van der Waals surface area contributed by atoms with Crippen LogP contribution in [0.1, 0.15) is 5.56 Å². The summed E-state index contributed by atoms with van der Waals surface area (Å²) in [5, 5.41) is 0.567. The molecule has 0 fully saturated rings. The first-order chi connectivity index (χ1) is 12.5. The lowest BCUT2D eigenvalue weighted by Crippen LogP contribution is -2.26. The van der Waals surface area contributed by atoms with E-state index >= 15 is 0 Å². The van der Waals surface area contributed by atoms with E-state index < -0.39 is 17.5 Å². The first-order valence-corrected chi connectivity index (χ1v) is 8.60. The molecule has 0 aliphatic carbocycles. The van der Waals surface area contributed by atoms with Crippen LogP contribution in [-0.2, 0) is 6.42 Å². The van der Waals surface area contributed by atoms with E-state index in [1.165, 1.54) is 24.5 Å². The topological polar surface area (TPSA) is 25.4 Å². The van der Waals surface area contributed by atoms with Gasteiger partial charge in [0.05, 0.1) is 23.9 Å². The van der Waals surface area contributed by atoms with E-state index in [9.17, 15) is 13.2 Å². The molecule has 0 spiro atoms. The zero-order chi connectivity index (χ0) is 18.7. The van der Waals surface area contributed by atoms with Crippen LogP contribution in [0.4, 0.5) is 18.3 Å².